The first kappa shape index (κ1) is 19.7. The number of hydrogen-bond donors (Lipinski definition) is 0. The summed E-state index contributed by atoms with van der Waals surface area (Å²) in [6, 6.07) is 4.01. The van der Waals surface area contributed by atoms with Gasteiger partial charge >= 0.3 is 0 Å². The minimum atomic E-state index is -0.0664. The van der Waals surface area contributed by atoms with Gasteiger partial charge in [0, 0.05) is 36.8 Å². The summed E-state index contributed by atoms with van der Waals surface area (Å²) in [5, 5.41) is 0. The van der Waals surface area contributed by atoms with Crippen LogP contribution < -0.4 is 4.74 Å². The van der Waals surface area contributed by atoms with E-state index in [0.29, 0.717) is 6.54 Å². The van der Waals surface area contributed by atoms with E-state index in [1.807, 2.05) is 31.5 Å². The van der Waals surface area contributed by atoms with Gasteiger partial charge in [0.1, 0.15) is 11.6 Å². The zero-order chi connectivity index (χ0) is 19.2. The van der Waals surface area contributed by atoms with Gasteiger partial charge in [-0.2, -0.15) is 0 Å². The topological polar surface area (TPSA) is 44.1 Å². The average molecular weight is 369 g/mol. The summed E-state index contributed by atoms with van der Waals surface area (Å²) in [6.07, 6.45) is 11.2. The van der Waals surface area contributed by atoms with Crippen LogP contribution in [0.3, 0.4) is 0 Å². The Balaban J connectivity index is 1.82. The number of fused-ring (bicyclic) bond motifs is 1. The average Bonchev–Trinajstić information content (AvgIpc) is 3.12. The monoisotopic (exact) mass is 368 g/mol. The first-order valence-electron chi connectivity index (χ1n) is 10.5. The second-order valence-electron chi connectivity index (χ2n) is 7.64. The van der Waals surface area contributed by atoms with Gasteiger partial charge in [0.15, 0.2) is 5.78 Å². The van der Waals surface area contributed by atoms with Crippen LogP contribution in [0.4, 0.5) is 0 Å². The maximum absolute atomic E-state index is 13.3. The fourth-order valence-corrected chi connectivity index (χ4v) is 4.01. The van der Waals surface area contributed by atoms with E-state index in [1.54, 1.807) is 0 Å². The Morgan fingerprint density at radius 1 is 1.19 bits per heavy atom. The second-order valence-corrected chi connectivity index (χ2v) is 7.64. The highest BCUT2D eigenvalue weighted by Gasteiger charge is 2.24. The van der Waals surface area contributed by atoms with Crippen molar-refractivity contribution in [3.8, 4) is 5.75 Å². The number of benzene rings is 1. The summed E-state index contributed by atoms with van der Waals surface area (Å²) in [5.74, 6) is 2.23. The molecular weight excluding hydrogens is 336 g/mol. The Morgan fingerprint density at radius 2 is 1.96 bits per heavy atom. The lowest BCUT2D eigenvalue weighted by atomic mass is 9.84. The van der Waals surface area contributed by atoms with Gasteiger partial charge in [-0.05, 0) is 61.8 Å². The molecule has 0 spiro atoms. The van der Waals surface area contributed by atoms with Crippen LogP contribution in [0, 0.1) is 5.92 Å². The summed E-state index contributed by atoms with van der Waals surface area (Å²) >= 11 is 0. The Labute approximate surface area is 163 Å². The van der Waals surface area contributed by atoms with E-state index in [0.717, 1.165) is 62.3 Å². The van der Waals surface area contributed by atoms with Crippen molar-refractivity contribution in [1.82, 2.24) is 9.55 Å². The molecule has 0 N–H and O–H groups in total. The number of ketones is 1. The maximum atomic E-state index is 13.3. The van der Waals surface area contributed by atoms with Crippen LogP contribution in [0.5, 0.6) is 5.75 Å². The van der Waals surface area contributed by atoms with Gasteiger partial charge in [-0.25, -0.2) is 4.98 Å². The van der Waals surface area contributed by atoms with E-state index in [2.05, 4.69) is 23.4 Å². The van der Waals surface area contributed by atoms with Gasteiger partial charge in [0.05, 0.1) is 6.61 Å². The van der Waals surface area contributed by atoms with E-state index in [4.69, 9.17) is 4.74 Å². The molecule has 0 saturated heterocycles. The van der Waals surface area contributed by atoms with Crippen LogP contribution in [0.25, 0.3) is 0 Å². The minimum absolute atomic E-state index is 0.0664. The fourth-order valence-electron chi connectivity index (χ4n) is 4.01. The van der Waals surface area contributed by atoms with E-state index in [-0.39, 0.29) is 11.7 Å². The third-order valence-corrected chi connectivity index (χ3v) is 5.41. The molecule has 0 fully saturated rings. The molecule has 0 bridgehead atoms. The molecule has 1 aromatic heterocycles. The molecule has 1 unspecified atom stereocenters. The van der Waals surface area contributed by atoms with Crippen LogP contribution >= 0.6 is 0 Å². The first-order chi connectivity index (χ1) is 13.2. The lowest BCUT2D eigenvalue weighted by Gasteiger charge is -2.23. The van der Waals surface area contributed by atoms with Crippen molar-refractivity contribution in [1.29, 1.82) is 0 Å². The molecule has 0 radical (unpaired) electrons. The lowest BCUT2D eigenvalue weighted by Crippen LogP contribution is -2.21. The molecule has 2 aromatic rings. The van der Waals surface area contributed by atoms with Crippen molar-refractivity contribution >= 4 is 5.78 Å². The number of rotatable bonds is 9. The standard InChI is InChI=1S/C23H32N2O2/c1-4-8-22-24-13-14-25(22)16-17(3)23(26)20-11-12-21(27-15-5-2)19-10-7-6-9-18(19)20/h11-14,17H,4-10,15-16H2,1-3H3. The number of carbonyl (C=O) groups excluding carboxylic acids is 1. The van der Waals surface area contributed by atoms with Gasteiger partial charge in [0.2, 0.25) is 0 Å². The minimum Gasteiger partial charge on any atom is -0.493 e. The van der Waals surface area contributed by atoms with E-state index in [9.17, 15) is 4.79 Å². The Bertz CT molecular complexity index is 779. The van der Waals surface area contributed by atoms with Gasteiger partial charge in [-0.15, -0.1) is 0 Å². The molecule has 1 heterocycles. The third-order valence-electron chi connectivity index (χ3n) is 5.41. The van der Waals surface area contributed by atoms with Crippen LogP contribution in [0.15, 0.2) is 24.5 Å². The summed E-state index contributed by atoms with van der Waals surface area (Å²) < 4.78 is 8.09. The van der Waals surface area contributed by atoms with Crippen molar-refractivity contribution in [2.45, 2.75) is 72.3 Å². The van der Waals surface area contributed by atoms with Crippen LogP contribution in [0.1, 0.15) is 73.8 Å². The molecular formula is C23H32N2O2. The predicted molar refractivity (Wildman–Crippen MR) is 109 cm³/mol. The van der Waals surface area contributed by atoms with Crippen molar-refractivity contribution in [3.63, 3.8) is 0 Å². The van der Waals surface area contributed by atoms with E-state index >= 15 is 0 Å². The van der Waals surface area contributed by atoms with E-state index < -0.39 is 0 Å². The number of Topliss-reactive ketones (excluding diaryl/α,β-unsaturated/α-hetero) is 1. The maximum Gasteiger partial charge on any atom is 0.167 e. The van der Waals surface area contributed by atoms with Crippen LogP contribution in [-0.4, -0.2) is 21.9 Å². The molecule has 1 aromatic carbocycles. The number of imidazole rings is 1. The zero-order valence-electron chi connectivity index (χ0n) is 17.0. The Hall–Kier alpha value is -2.10. The molecule has 146 valence electrons. The van der Waals surface area contributed by atoms with Crippen LogP contribution in [-0.2, 0) is 25.8 Å². The summed E-state index contributed by atoms with van der Waals surface area (Å²) in [5.41, 5.74) is 3.39. The fraction of sp³-hybridized carbons (Fsp3) is 0.565. The number of hydrogen-bond acceptors (Lipinski definition) is 3. The number of aromatic nitrogens is 2. The number of ether oxygens (including phenoxy) is 1. The second kappa shape index (κ2) is 9.20. The van der Waals surface area contributed by atoms with Crippen molar-refractivity contribution in [2.75, 3.05) is 6.61 Å². The quantitative estimate of drug-likeness (QED) is 0.584. The van der Waals surface area contributed by atoms with Gasteiger partial charge in [-0.3, -0.25) is 4.79 Å². The largest absolute Gasteiger partial charge is 0.493 e. The number of carbonyl (C=O) groups is 1. The highest BCUT2D eigenvalue weighted by Crippen LogP contribution is 2.33. The van der Waals surface area contributed by atoms with Gasteiger partial charge in [-0.1, -0.05) is 20.8 Å². The van der Waals surface area contributed by atoms with Gasteiger partial charge in [0.25, 0.3) is 0 Å². The van der Waals surface area contributed by atoms with Crippen molar-refractivity contribution < 1.29 is 9.53 Å². The van der Waals surface area contributed by atoms with Gasteiger partial charge < -0.3 is 9.30 Å². The molecule has 4 heteroatoms. The molecule has 0 saturated carbocycles. The first-order valence-corrected chi connectivity index (χ1v) is 10.5. The molecule has 0 amide bonds. The number of nitrogens with zero attached hydrogens (tertiary/aromatic N) is 2. The normalized spacial score (nSPS) is 14.6. The van der Waals surface area contributed by atoms with E-state index in [1.165, 1.54) is 17.5 Å². The Morgan fingerprint density at radius 3 is 2.70 bits per heavy atom. The molecule has 27 heavy (non-hydrogen) atoms. The molecule has 3 rings (SSSR count). The van der Waals surface area contributed by atoms with Crippen molar-refractivity contribution in [2.24, 2.45) is 5.92 Å². The van der Waals surface area contributed by atoms with Crippen LogP contribution in [0.2, 0.25) is 0 Å². The Kier molecular flexibility index (Phi) is 6.70. The lowest BCUT2D eigenvalue weighted by molar-refractivity contribution is 0.0916. The smallest absolute Gasteiger partial charge is 0.167 e. The predicted octanol–water partition coefficient (Wildman–Crippen LogP) is 5.02. The van der Waals surface area contributed by atoms with Crippen molar-refractivity contribution in [3.05, 3.63) is 47.0 Å². The highest BCUT2D eigenvalue weighted by molar-refractivity contribution is 5.99. The highest BCUT2D eigenvalue weighted by atomic mass is 16.5. The molecule has 1 aliphatic rings. The summed E-state index contributed by atoms with van der Waals surface area (Å²) in [6.45, 7) is 7.74. The molecule has 1 aliphatic carbocycles. The summed E-state index contributed by atoms with van der Waals surface area (Å²) in [4.78, 5) is 17.7. The third kappa shape index (κ3) is 4.42. The SMILES string of the molecule is CCCOc1ccc(C(=O)C(C)Cn2ccnc2CCC)c2c1CCCC2. The summed E-state index contributed by atoms with van der Waals surface area (Å²) in [7, 11) is 0. The zero-order valence-corrected chi connectivity index (χ0v) is 17.0. The molecule has 1 atom stereocenters. The molecule has 0 aliphatic heterocycles. The number of aryl methyl sites for hydroxylation is 1. The molecule has 4 nitrogen and oxygen atoms in total.